The number of rotatable bonds is 6. The molecule has 3 aromatic heterocycles. The zero-order valence-electron chi connectivity index (χ0n) is 17.8. The van der Waals surface area contributed by atoms with Gasteiger partial charge in [0.25, 0.3) is 11.7 Å². The molecule has 0 radical (unpaired) electrons. The Labute approximate surface area is 188 Å². The summed E-state index contributed by atoms with van der Waals surface area (Å²) in [6.07, 6.45) is 5.23. The van der Waals surface area contributed by atoms with Gasteiger partial charge in [-0.15, -0.1) is 5.10 Å². The van der Waals surface area contributed by atoms with Gasteiger partial charge in [-0.05, 0) is 50.4 Å². The van der Waals surface area contributed by atoms with E-state index in [4.69, 9.17) is 0 Å². The zero-order chi connectivity index (χ0) is 22.7. The van der Waals surface area contributed by atoms with Crippen molar-refractivity contribution in [1.29, 1.82) is 0 Å². The highest BCUT2D eigenvalue weighted by Gasteiger charge is 2.16. The second kappa shape index (κ2) is 9.15. The molecule has 0 aliphatic carbocycles. The summed E-state index contributed by atoms with van der Waals surface area (Å²) in [5.74, 6) is 0.0279. The second-order valence-electron chi connectivity index (χ2n) is 7.07. The van der Waals surface area contributed by atoms with Gasteiger partial charge in [0.05, 0.1) is 6.42 Å². The van der Waals surface area contributed by atoms with Gasteiger partial charge in [0, 0.05) is 46.3 Å². The minimum atomic E-state index is -0.274. The number of aryl methyl sites for hydroxylation is 2. The molecule has 0 spiro atoms. The Bertz CT molecular complexity index is 1300. The van der Waals surface area contributed by atoms with Crippen LogP contribution in [0.3, 0.4) is 0 Å². The van der Waals surface area contributed by atoms with Gasteiger partial charge in [-0.2, -0.15) is 4.98 Å². The predicted molar refractivity (Wildman–Crippen MR) is 123 cm³/mol. The number of carbonyl (C=O) groups is 2. The Hall–Kier alpha value is -3.79. The van der Waals surface area contributed by atoms with E-state index in [-0.39, 0.29) is 18.2 Å². The number of benzene rings is 1. The van der Waals surface area contributed by atoms with E-state index < -0.39 is 0 Å². The molecule has 2 amide bonds. The van der Waals surface area contributed by atoms with E-state index in [9.17, 15) is 9.59 Å². The SMILES string of the molecule is CSc1nc2nc(C)c(CC(=O)Nc3cccc(C(=O)Nc4ccncc4)c3)c(C)n2n1. The van der Waals surface area contributed by atoms with Gasteiger partial charge >= 0.3 is 0 Å². The summed E-state index contributed by atoms with van der Waals surface area (Å²) in [4.78, 5) is 38.0. The molecule has 0 bridgehead atoms. The van der Waals surface area contributed by atoms with Crippen molar-refractivity contribution in [2.24, 2.45) is 0 Å². The lowest BCUT2D eigenvalue weighted by molar-refractivity contribution is -0.115. The highest BCUT2D eigenvalue weighted by atomic mass is 32.2. The normalized spacial score (nSPS) is 10.8. The number of nitrogens with one attached hydrogen (secondary N) is 2. The van der Waals surface area contributed by atoms with Crippen LogP contribution in [0, 0.1) is 13.8 Å². The van der Waals surface area contributed by atoms with Gasteiger partial charge in [-0.3, -0.25) is 14.6 Å². The molecular formula is C22H21N7O2S. The summed E-state index contributed by atoms with van der Waals surface area (Å²) in [7, 11) is 0. The van der Waals surface area contributed by atoms with Crippen molar-refractivity contribution in [3.05, 3.63) is 71.3 Å². The van der Waals surface area contributed by atoms with Crippen molar-refractivity contribution >= 4 is 40.7 Å². The fourth-order valence-corrected chi connectivity index (χ4v) is 3.61. The quantitative estimate of drug-likeness (QED) is 0.436. The van der Waals surface area contributed by atoms with Crippen molar-refractivity contribution in [3.8, 4) is 0 Å². The topological polar surface area (TPSA) is 114 Å². The summed E-state index contributed by atoms with van der Waals surface area (Å²) < 4.78 is 1.66. The standard InChI is InChI=1S/C22H21N7O2S/c1-13-18(14(2)29-21(24-13)27-22(28-29)32-3)12-19(30)25-17-6-4-5-15(11-17)20(31)26-16-7-9-23-10-8-16/h4-11H,12H2,1-3H3,(H,25,30)(H,23,26,31). The van der Waals surface area contributed by atoms with Crippen molar-refractivity contribution in [1.82, 2.24) is 24.6 Å². The zero-order valence-corrected chi connectivity index (χ0v) is 18.6. The largest absolute Gasteiger partial charge is 0.326 e. The van der Waals surface area contributed by atoms with Crippen LogP contribution in [-0.4, -0.2) is 42.6 Å². The van der Waals surface area contributed by atoms with Gasteiger partial charge in [0.2, 0.25) is 11.1 Å². The third kappa shape index (κ3) is 4.59. The van der Waals surface area contributed by atoms with E-state index >= 15 is 0 Å². The molecule has 1 aromatic carbocycles. The van der Waals surface area contributed by atoms with E-state index in [1.807, 2.05) is 20.1 Å². The lowest BCUT2D eigenvalue weighted by Crippen LogP contribution is -2.18. The average Bonchev–Trinajstić information content (AvgIpc) is 3.21. The van der Waals surface area contributed by atoms with Gasteiger partial charge in [0.1, 0.15) is 0 Å². The molecule has 9 nitrogen and oxygen atoms in total. The molecular weight excluding hydrogens is 426 g/mol. The summed E-state index contributed by atoms with van der Waals surface area (Å²) in [6, 6.07) is 10.2. The Balaban J connectivity index is 1.49. The van der Waals surface area contributed by atoms with Gasteiger partial charge in [0.15, 0.2) is 0 Å². The monoisotopic (exact) mass is 447 g/mol. The first-order chi connectivity index (χ1) is 15.4. The Morgan fingerprint density at radius 2 is 1.81 bits per heavy atom. The fourth-order valence-electron chi connectivity index (χ4n) is 3.27. The number of carbonyl (C=O) groups excluding carboxylic acids is 2. The predicted octanol–water partition coefficient (Wildman–Crippen LogP) is 3.29. The van der Waals surface area contributed by atoms with Crippen LogP contribution in [0.4, 0.5) is 11.4 Å². The number of hydrogen-bond acceptors (Lipinski definition) is 7. The third-order valence-corrected chi connectivity index (χ3v) is 5.43. The van der Waals surface area contributed by atoms with Crippen LogP contribution in [-0.2, 0) is 11.2 Å². The molecule has 0 saturated heterocycles. The fraction of sp³-hybridized carbons (Fsp3) is 0.182. The average molecular weight is 448 g/mol. The van der Waals surface area contributed by atoms with Crippen LogP contribution < -0.4 is 10.6 Å². The number of hydrogen-bond donors (Lipinski definition) is 2. The van der Waals surface area contributed by atoms with Gasteiger partial charge in [-0.1, -0.05) is 17.8 Å². The number of thioether (sulfide) groups is 1. The number of aromatic nitrogens is 5. The molecule has 0 atom stereocenters. The lowest BCUT2D eigenvalue weighted by atomic mass is 10.1. The Morgan fingerprint density at radius 1 is 1.03 bits per heavy atom. The number of amides is 2. The molecule has 0 aliphatic heterocycles. The maximum absolute atomic E-state index is 12.8. The van der Waals surface area contributed by atoms with Crippen LogP contribution in [0.1, 0.15) is 27.3 Å². The molecule has 4 aromatic rings. The number of nitrogens with zero attached hydrogens (tertiary/aromatic N) is 5. The summed E-state index contributed by atoms with van der Waals surface area (Å²) in [5, 5.41) is 10.7. The number of anilines is 2. The molecule has 0 unspecified atom stereocenters. The van der Waals surface area contributed by atoms with E-state index in [1.54, 1.807) is 53.3 Å². The van der Waals surface area contributed by atoms with Crippen LogP contribution in [0.5, 0.6) is 0 Å². The molecule has 3 heterocycles. The first kappa shape index (κ1) is 21.4. The van der Waals surface area contributed by atoms with Crippen molar-refractivity contribution in [2.45, 2.75) is 25.4 Å². The molecule has 0 saturated carbocycles. The van der Waals surface area contributed by atoms with Crippen LogP contribution in [0.25, 0.3) is 5.78 Å². The maximum Gasteiger partial charge on any atom is 0.255 e. The first-order valence-electron chi connectivity index (χ1n) is 9.82. The van der Waals surface area contributed by atoms with E-state index in [2.05, 4.69) is 30.7 Å². The molecule has 162 valence electrons. The molecule has 0 aliphatic rings. The van der Waals surface area contributed by atoms with Crippen LogP contribution >= 0.6 is 11.8 Å². The lowest BCUT2D eigenvalue weighted by Gasteiger charge is -2.11. The molecule has 32 heavy (non-hydrogen) atoms. The summed E-state index contributed by atoms with van der Waals surface area (Å²) >= 11 is 1.44. The van der Waals surface area contributed by atoms with Crippen molar-refractivity contribution in [3.63, 3.8) is 0 Å². The van der Waals surface area contributed by atoms with Crippen molar-refractivity contribution in [2.75, 3.05) is 16.9 Å². The van der Waals surface area contributed by atoms with E-state index in [1.165, 1.54) is 11.8 Å². The molecule has 10 heteroatoms. The summed E-state index contributed by atoms with van der Waals surface area (Å²) in [6.45, 7) is 3.75. The highest BCUT2D eigenvalue weighted by molar-refractivity contribution is 7.98. The van der Waals surface area contributed by atoms with E-state index in [0.29, 0.717) is 27.9 Å². The maximum atomic E-state index is 12.8. The molecule has 0 fully saturated rings. The highest BCUT2D eigenvalue weighted by Crippen LogP contribution is 2.18. The van der Waals surface area contributed by atoms with Crippen LogP contribution in [0.15, 0.2) is 53.9 Å². The van der Waals surface area contributed by atoms with E-state index in [0.717, 1.165) is 17.0 Å². The first-order valence-corrected chi connectivity index (χ1v) is 11.0. The third-order valence-electron chi connectivity index (χ3n) is 4.90. The smallest absolute Gasteiger partial charge is 0.255 e. The van der Waals surface area contributed by atoms with Gasteiger partial charge < -0.3 is 10.6 Å². The Morgan fingerprint density at radius 3 is 2.56 bits per heavy atom. The summed E-state index contributed by atoms with van der Waals surface area (Å²) in [5.41, 5.74) is 3.95. The Kier molecular flexibility index (Phi) is 6.13. The van der Waals surface area contributed by atoms with Crippen LogP contribution in [0.2, 0.25) is 0 Å². The number of pyridine rings is 1. The second-order valence-corrected chi connectivity index (χ2v) is 7.84. The van der Waals surface area contributed by atoms with Crippen molar-refractivity contribution < 1.29 is 9.59 Å². The van der Waals surface area contributed by atoms with Gasteiger partial charge in [-0.25, -0.2) is 9.50 Å². The number of fused-ring (bicyclic) bond motifs is 1. The minimum Gasteiger partial charge on any atom is -0.326 e. The molecule has 4 rings (SSSR count). The molecule has 2 N–H and O–H groups in total. The minimum absolute atomic E-state index is 0.127.